The monoisotopic (exact) mass is 193 g/mol. The lowest BCUT2D eigenvalue weighted by molar-refractivity contribution is -0.132. The molecule has 1 rings (SSSR count). The van der Waals surface area contributed by atoms with E-state index in [2.05, 4.69) is 0 Å². The Morgan fingerprint density at radius 1 is 1.36 bits per heavy atom. The van der Waals surface area contributed by atoms with Crippen LogP contribution in [0.2, 0.25) is 0 Å². The average Bonchev–Trinajstić information content (AvgIpc) is 2.18. The zero-order valence-electron chi connectivity index (χ0n) is 7.56. The van der Waals surface area contributed by atoms with Crippen molar-refractivity contribution in [1.29, 1.82) is 5.26 Å². The molecule has 5 nitrogen and oxygen atoms in total. The third-order valence-corrected chi connectivity index (χ3v) is 2.31. The summed E-state index contributed by atoms with van der Waals surface area (Å²) in [6.07, 6.45) is 6.12. The van der Waals surface area contributed by atoms with Gasteiger partial charge < -0.3 is 5.73 Å². The highest BCUT2D eigenvalue weighted by molar-refractivity contribution is 5.88. The summed E-state index contributed by atoms with van der Waals surface area (Å²) in [4.78, 5) is 22.3. The quantitative estimate of drug-likeness (QED) is 0.356. The highest BCUT2D eigenvalue weighted by atomic mass is 16.2. The van der Waals surface area contributed by atoms with Crippen molar-refractivity contribution in [3.63, 3.8) is 0 Å². The van der Waals surface area contributed by atoms with Gasteiger partial charge in [0, 0.05) is 0 Å². The number of hydrogen-bond acceptors (Lipinski definition) is 3. The summed E-state index contributed by atoms with van der Waals surface area (Å²) in [6.45, 7) is 0. The fraction of sp³-hybridized carbons (Fsp3) is 0.444. The van der Waals surface area contributed by atoms with Crippen LogP contribution < -0.4 is 11.1 Å². The zero-order chi connectivity index (χ0) is 10.6. The average molecular weight is 193 g/mol. The number of nitriles is 1. The second-order valence-corrected chi connectivity index (χ2v) is 3.16. The Balaban J connectivity index is 2.75. The summed E-state index contributed by atoms with van der Waals surface area (Å²) in [5.74, 6) is -1.92. The molecule has 74 valence electrons. The lowest BCUT2D eigenvalue weighted by Crippen LogP contribution is -2.39. The summed E-state index contributed by atoms with van der Waals surface area (Å²) >= 11 is 0. The molecule has 1 aliphatic rings. The van der Waals surface area contributed by atoms with Crippen molar-refractivity contribution in [2.45, 2.75) is 12.8 Å². The fourth-order valence-corrected chi connectivity index (χ4v) is 1.57. The normalized spacial score (nSPS) is 25.1. The lowest BCUT2D eigenvalue weighted by Gasteiger charge is -2.23. The minimum Gasteiger partial charge on any atom is -0.369 e. The molecular weight excluding hydrogens is 182 g/mol. The van der Waals surface area contributed by atoms with Gasteiger partial charge in [0.1, 0.15) is 0 Å². The number of allylic oxidation sites excluding steroid dienone is 2. The van der Waals surface area contributed by atoms with Crippen molar-refractivity contribution >= 4 is 11.8 Å². The number of nitrogens with two attached hydrogens (primary N) is 1. The summed E-state index contributed by atoms with van der Waals surface area (Å²) in [5.41, 5.74) is 5.16. The Morgan fingerprint density at radius 3 is 2.43 bits per heavy atom. The molecule has 14 heavy (non-hydrogen) atoms. The molecule has 0 aliphatic heterocycles. The topological polar surface area (TPSA) is 96.0 Å². The fourth-order valence-electron chi connectivity index (χ4n) is 1.57. The van der Waals surface area contributed by atoms with Crippen LogP contribution in [0, 0.1) is 23.3 Å². The molecule has 2 amide bonds. The Morgan fingerprint density at radius 2 is 1.93 bits per heavy atom. The van der Waals surface area contributed by atoms with Crippen molar-refractivity contribution in [2.24, 2.45) is 17.6 Å². The molecule has 0 spiro atoms. The van der Waals surface area contributed by atoms with Gasteiger partial charge in [0.05, 0.1) is 11.8 Å². The molecule has 0 aromatic carbocycles. The van der Waals surface area contributed by atoms with Crippen LogP contribution in [0.1, 0.15) is 12.8 Å². The number of nitrogens with one attached hydrogen (secondary N) is 1. The number of nitrogens with zero attached hydrogens (tertiary/aromatic N) is 1. The maximum atomic E-state index is 11.3. The molecule has 0 bridgehead atoms. The summed E-state index contributed by atoms with van der Waals surface area (Å²) in [7, 11) is 0. The van der Waals surface area contributed by atoms with Crippen molar-refractivity contribution < 1.29 is 9.59 Å². The molecule has 0 saturated carbocycles. The largest absolute Gasteiger partial charge is 0.369 e. The van der Waals surface area contributed by atoms with Gasteiger partial charge in [0.15, 0.2) is 6.19 Å². The van der Waals surface area contributed by atoms with Gasteiger partial charge in [0.25, 0.3) is 0 Å². The molecule has 0 aromatic heterocycles. The van der Waals surface area contributed by atoms with Crippen LogP contribution in [0.25, 0.3) is 0 Å². The molecular formula is C9H11N3O2. The lowest BCUT2D eigenvalue weighted by atomic mass is 9.82. The van der Waals surface area contributed by atoms with Gasteiger partial charge in [-0.2, -0.15) is 5.26 Å². The van der Waals surface area contributed by atoms with Crippen molar-refractivity contribution in [3.05, 3.63) is 12.2 Å². The number of carbonyl (C=O) groups excluding carboxylic acids is 2. The standard InChI is InChI=1S/C9H11N3O2/c10-5-12-9(14)7-4-2-1-3-6(7)8(11)13/h1-2,6-7H,3-4H2,(H2,11,13)(H,12,14). The predicted molar refractivity (Wildman–Crippen MR) is 48.3 cm³/mol. The second-order valence-electron chi connectivity index (χ2n) is 3.16. The molecule has 1 aliphatic carbocycles. The van der Waals surface area contributed by atoms with E-state index < -0.39 is 23.7 Å². The zero-order valence-corrected chi connectivity index (χ0v) is 7.56. The second kappa shape index (κ2) is 4.42. The number of amides is 2. The third-order valence-electron chi connectivity index (χ3n) is 2.31. The van der Waals surface area contributed by atoms with E-state index in [0.717, 1.165) is 0 Å². The van der Waals surface area contributed by atoms with Crippen molar-refractivity contribution in [2.75, 3.05) is 0 Å². The van der Waals surface area contributed by atoms with E-state index >= 15 is 0 Å². The molecule has 0 radical (unpaired) electrons. The summed E-state index contributed by atoms with van der Waals surface area (Å²) in [5, 5.41) is 10.3. The van der Waals surface area contributed by atoms with Crippen molar-refractivity contribution in [1.82, 2.24) is 5.32 Å². The Kier molecular flexibility index (Phi) is 3.24. The van der Waals surface area contributed by atoms with E-state index in [1.54, 1.807) is 6.19 Å². The smallest absolute Gasteiger partial charge is 0.237 e. The molecule has 2 atom stereocenters. The first kappa shape index (κ1) is 10.3. The number of carbonyl (C=O) groups is 2. The first-order valence-corrected chi connectivity index (χ1v) is 4.30. The van der Waals surface area contributed by atoms with Gasteiger partial charge in [-0.15, -0.1) is 0 Å². The van der Waals surface area contributed by atoms with Crippen LogP contribution >= 0.6 is 0 Å². The molecule has 2 unspecified atom stereocenters. The number of hydrogen-bond donors (Lipinski definition) is 2. The molecule has 5 heteroatoms. The molecule has 0 fully saturated rings. The van der Waals surface area contributed by atoms with E-state index in [1.807, 2.05) is 17.5 Å². The highest BCUT2D eigenvalue weighted by Crippen LogP contribution is 2.25. The van der Waals surface area contributed by atoms with E-state index in [1.165, 1.54) is 0 Å². The van der Waals surface area contributed by atoms with Crippen LogP contribution in [0.3, 0.4) is 0 Å². The van der Waals surface area contributed by atoms with Crippen LogP contribution in [-0.2, 0) is 9.59 Å². The van der Waals surface area contributed by atoms with Gasteiger partial charge in [-0.25, -0.2) is 0 Å². The van der Waals surface area contributed by atoms with Gasteiger partial charge in [-0.05, 0) is 12.8 Å². The maximum Gasteiger partial charge on any atom is 0.237 e. The summed E-state index contributed by atoms with van der Waals surface area (Å²) in [6, 6.07) is 0. The first-order valence-electron chi connectivity index (χ1n) is 4.30. The van der Waals surface area contributed by atoms with E-state index in [-0.39, 0.29) is 0 Å². The highest BCUT2D eigenvalue weighted by Gasteiger charge is 2.32. The number of primary amides is 1. The molecule has 3 N–H and O–H groups in total. The number of rotatable bonds is 2. The first-order chi connectivity index (χ1) is 6.66. The van der Waals surface area contributed by atoms with E-state index in [4.69, 9.17) is 11.0 Å². The molecule has 0 saturated heterocycles. The van der Waals surface area contributed by atoms with Crippen LogP contribution in [-0.4, -0.2) is 11.8 Å². The van der Waals surface area contributed by atoms with Crippen LogP contribution in [0.15, 0.2) is 12.2 Å². The molecule has 0 aromatic rings. The minimum absolute atomic E-state index is 0.430. The van der Waals surface area contributed by atoms with Gasteiger partial charge in [0.2, 0.25) is 11.8 Å². The Hall–Kier alpha value is -1.83. The van der Waals surface area contributed by atoms with Gasteiger partial charge in [-0.3, -0.25) is 14.9 Å². The SMILES string of the molecule is N#CNC(=O)C1CC=CCC1C(N)=O. The van der Waals surface area contributed by atoms with E-state index in [9.17, 15) is 9.59 Å². The van der Waals surface area contributed by atoms with Crippen LogP contribution in [0.4, 0.5) is 0 Å². The van der Waals surface area contributed by atoms with Crippen molar-refractivity contribution in [3.8, 4) is 6.19 Å². The minimum atomic E-state index is -0.503. The third kappa shape index (κ3) is 2.10. The van der Waals surface area contributed by atoms with E-state index in [0.29, 0.717) is 12.8 Å². The van der Waals surface area contributed by atoms with Gasteiger partial charge >= 0.3 is 0 Å². The maximum absolute atomic E-state index is 11.3. The Labute approximate surface area is 81.6 Å². The van der Waals surface area contributed by atoms with Gasteiger partial charge in [-0.1, -0.05) is 12.2 Å². The Bertz CT molecular complexity index is 317. The summed E-state index contributed by atoms with van der Waals surface area (Å²) < 4.78 is 0. The van der Waals surface area contributed by atoms with Crippen LogP contribution in [0.5, 0.6) is 0 Å². The molecule has 0 heterocycles. The predicted octanol–water partition coefficient (Wildman–Crippen LogP) is -0.349.